The molecule has 1 atom stereocenters. The summed E-state index contributed by atoms with van der Waals surface area (Å²) in [5.41, 5.74) is -1.39. The van der Waals surface area contributed by atoms with Crippen molar-refractivity contribution in [1.29, 1.82) is 0 Å². The molecule has 0 aromatic carbocycles. The highest BCUT2D eigenvalue weighted by Gasteiger charge is 2.48. The van der Waals surface area contributed by atoms with Gasteiger partial charge in [0.05, 0.1) is 19.8 Å². The van der Waals surface area contributed by atoms with Crippen molar-refractivity contribution in [2.75, 3.05) is 19.8 Å². The summed E-state index contributed by atoms with van der Waals surface area (Å²) in [7, 11) is 0. The first-order valence-corrected chi connectivity index (χ1v) is 6.60. The van der Waals surface area contributed by atoms with Crippen LogP contribution in [0, 0.1) is 22.7 Å². The van der Waals surface area contributed by atoms with E-state index in [1.165, 1.54) is 0 Å². The van der Waals surface area contributed by atoms with Crippen molar-refractivity contribution in [3.05, 3.63) is 0 Å². The minimum absolute atomic E-state index is 0.0729. The molecule has 1 fully saturated rings. The van der Waals surface area contributed by atoms with Gasteiger partial charge in [-0.15, -0.1) is 5.92 Å². The summed E-state index contributed by atoms with van der Waals surface area (Å²) in [5.74, 6) is 5.36. The Kier molecular flexibility index (Phi) is 5.13. The molecule has 1 heterocycles. The fourth-order valence-corrected chi connectivity index (χ4v) is 1.86. The lowest BCUT2D eigenvalue weighted by atomic mass is 9.78. The zero-order valence-corrected chi connectivity index (χ0v) is 12.2. The standard InChI is InChI=1S/C15H22O4/c1-5-19-13(17)15(9-6-8-14(2,3)4)11-18-10-7-12(15)16/h5,7,9-11H2,1-4H3. The average Bonchev–Trinajstić information content (AvgIpc) is 2.30. The van der Waals surface area contributed by atoms with Crippen LogP contribution in [0.3, 0.4) is 0 Å². The van der Waals surface area contributed by atoms with E-state index >= 15 is 0 Å². The van der Waals surface area contributed by atoms with Crippen LogP contribution in [0.4, 0.5) is 0 Å². The second-order valence-electron chi connectivity index (χ2n) is 5.76. The summed E-state index contributed by atoms with van der Waals surface area (Å²) in [4.78, 5) is 24.2. The van der Waals surface area contributed by atoms with E-state index in [2.05, 4.69) is 11.8 Å². The number of ether oxygens (including phenoxy) is 2. The summed E-state index contributed by atoms with van der Waals surface area (Å²) in [6, 6.07) is 0. The number of Topliss-reactive ketones (excluding diaryl/α,β-unsaturated/α-hetero) is 1. The van der Waals surface area contributed by atoms with E-state index in [9.17, 15) is 9.59 Å². The molecule has 0 N–H and O–H groups in total. The van der Waals surface area contributed by atoms with Crippen LogP contribution in [0.1, 0.15) is 40.5 Å². The van der Waals surface area contributed by atoms with Crippen LogP contribution in [0.2, 0.25) is 0 Å². The number of esters is 1. The van der Waals surface area contributed by atoms with Gasteiger partial charge >= 0.3 is 5.97 Å². The molecule has 1 saturated heterocycles. The normalized spacial score (nSPS) is 23.5. The Bertz CT molecular complexity index is 408. The van der Waals surface area contributed by atoms with Crippen LogP contribution in [-0.4, -0.2) is 31.6 Å². The summed E-state index contributed by atoms with van der Waals surface area (Å²) < 4.78 is 10.3. The number of rotatable bonds is 3. The molecule has 0 radical (unpaired) electrons. The monoisotopic (exact) mass is 266 g/mol. The van der Waals surface area contributed by atoms with Gasteiger partial charge < -0.3 is 9.47 Å². The van der Waals surface area contributed by atoms with E-state index in [0.29, 0.717) is 6.61 Å². The molecular formula is C15H22O4. The molecule has 0 aliphatic carbocycles. The van der Waals surface area contributed by atoms with E-state index in [0.717, 1.165) is 0 Å². The molecule has 4 nitrogen and oxygen atoms in total. The Morgan fingerprint density at radius 2 is 2.16 bits per heavy atom. The predicted molar refractivity (Wildman–Crippen MR) is 71.4 cm³/mol. The highest BCUT2D eigenvalue weighted by molar-refractivity contribution is 6.04. The van der Waals surface area contributed by atoms with Crippen molar-refractivity contribution in [2.45, 2.75) is 40.5 Å². The summed E-state index contributed by atoms with van der Waals surface area (Å²) in [5, 5.41) is 0. The zero-order chi connectivity index (χ0) is 14.5. The molecule has 1 aliphatic rings. The molecule has 0 aromatic heterocycles. The summed E-state index contributed by atoms with van der Waals surface area (Å²) in [6.07, 6.45) is 0.415. The van der Waals surface area contributed by atoms with E-state index in [1.54, 1.807) is 6.92 Å². The lowest BCUT2D eigenvalue weighted by Crippen LogP contribution is -2.47. The minimum atomic E-state index is -1.23. The highest BCUT2D eigenvalue weighted by atomic mass is 16.5. The molecule has 0 aromatic rings. The van der Waals surface area contributed by atoms with Gasteiger partial charge in [0.1, 0.15) is 0 Å². The fourth-order valence-electron chi connectivity index (χ4n) is 1.86. The zero-order valence-electron chi connectivity index (χ0n) is 12.2. The maximum Gasteiger partial charge on any atom is 0.323 e. The third kappa shape index (κ3) is 4.07. The first kappa shape index (κ1) is 15.7. The number of carbonyl (C=O) groups is 2. The van der Waals surface area contributed by atoms with Gasteiger partial charge in [-0.1, -0.05) is 5.92 Å². The van der Waals surface area contributed by atoms with Gasteiger partial charge in [-0.3, -0.25) is 9.59 Å². The Morgan fingerprint density at radius 3 is 2.68 bits per heavy atom. The maximum atomic E-state index is 12.1. The molecule has 106 valence electrons. The van der Waals surface area contributed by atoms with Crippen LogP contribution in [0.25, 0.3) is 0 Å². The Balaban J connectivity index is 2.94. The Hall–Kier alpha value is -1.34. The van der Waals surface area contributed by atoms with Gasteiger partial charge in [0.25, 0.3) is 0 Å². The molecule has 0 spiro atoms. The molecular weight excluding hydrogens is 244 g/mol. The minimum Gasteiger partial charge on any atom is -0.465 e. The third-order valence-electron chi connectivity index (χ3n) is 2.88. The number of carbonyl (C=O) groups excluding carboxylic acids is 2. The molecule has 0 bridgehead atoms. The largest absolute Gasteiger partial charge is 0.465 e. The Labute approximate surface area is 114 Å². The smallest absolute Gasteiger partial charge is 0.323 e. The SMILES string of the molecule is CCOC(=O)C1(CC#CC(C)(C)C)COCCC1=O. The van der Waals surface area contributed by atoms with Crippen molar-refractivity contribution < 1.29 is 19.1 Å². The highest BCUT2D eigenvalue weighted by Crippen LogP contribution is 2.31. The first-order valence-electron chi connectivity index (χ1n) is 6.60. The van der Waals surface area contributed by atoms with Gasteiger partial charge in [-0.25, -0.2) is 0 Å². The molecule has 1 rings (SSSR count). The van der Waals surface area contributed by atoms with E-state index < -0.39 is 11.4 Å². The van der Waals surface area contributed by atoms with Crippen molar-refractivity contribution in [2.24, 2.45) is 10.8 Å². The first-order chi connectivity index (χ1) is 8.82. The molecule has 0 amide bonds. The van der Waals surface area contributed by atoms with Crippen molar-refractivity contribution in [3.63, 3.8) is 0 Å². The number of hydrogen-bond acceptors (Lipinski definition) is 4. The lowest BCUT2D eigenvalue weighted by molar-refractivity contribution is -0.168. The van der Waals surface area contributed by atoms with Crippen LogP contribution < -0.4 is 0 Å². The molecule has 19 heavy (non-hydrogen) atoms. The maximum absolute atomic E-state index is 12.1. The molecule has 4 heteroatoms. The third-order valence-corrected chi connectivity index (χ3v) is 2.88. The van der Waals surface area contributed by atoms with Crippen molar-refractivity contribution >= 4 is 11.8 Å². The van der Waals surface area contributed by atoms with E-state index in [-0.39, 0.29) is 37.3 Å². The second kappa shape index (κ2) is 6.21. The molecule has 1 aliphatic heterocycles. The average molecular weight is 266 g/mol. The summed E-state index contributed by atoms with van der Waals surface area (Å²) >= 11 is 0. The molecule has 1 unspecified atom stereocenters. The molecule has 0 saturated carbocycles. The second-order valence-corrected chi connectivity index (χ2v) is 5.76. The quantitative estimate of drug-likeness (QED) is 0.445. The van der Waals surface area contributed by atoms with Crippen LogP contribution in [0.5, 0.6) is 0 Å². The van der Waals surface area contributed by atoms with Gasteiger partial charge in [-0.2, -0.15) is 0 Å². The van der Waals surface area contributed by atoms with Gasteiger partial charge in [-0.05, 0) is 27.7 Å². The number of hydrogen-bond donors (Lipinski definition) is 0. The van der Waals surface area contributed by atoms with E-state index in [4.69, 9.17) is 9.47 Å². The van der Waals surface area contributed by atoms with Crippen LogP contribution in [-0.2, 0) is 19.1 Å². The topological polar surface area (TPSA) is 52.6 Å². The van der Waals surface area contributed by atoms with Gasteiger partial charge in [0, 0.05) is 18.3 Å². The van der Waals surface area contributed by atoms with Crippen LogP contribution in [0.15, 0.2) is 0 Å². The summed E-state index contributed by atoms with van der Waals surface area (Å²) in [6.45, 7) is 8.36. The Morgan fingerprint density at radius 1 is 1.47 bits per heavy atom. The van der Waals surface area contributed by atoms with Crippen molar-refractivity contribution in [3.8, 4) is 11.8 Å². The van der Waals surface area contributed by atoms with Gasteiger partial charge in [0.15, 0.2) is 11.2 Å². The predicted octanol–water partition coefficient (Wildman–Crippen LogP) is 1.96. The van der Waals surface area contributed by atoms with E-state index in [1.807, 2.05) is 20.8 Å². The van der Waals surface area contributed by atoms with Gasteiger partial charge in [0.2, 0.25) is 0 Å². The fraction of sp³-hybridized carbons (Fsp3) is 0.733. The lowest BCUT2D eigenvalue weighted by Gasteiger charge is -2.31. The number of ketones is 1. The van der Waals surface area contributed by atoms with Crippen LogP contribution >= 0.6 is 0 Å². The van der Waals surface area contributed by atoms with Crippen molar-refractivity contribution in [1.82, 2.24) is 0 Å².